The van der Waals surface area contributed by atoms with Crippen LogP contribution in [0.5, 0.6) is 5.75 Å². The Kier molecular flexibility index (Phi) is 5.70. The van der Waals surface area contributed by atoms with E-state index in [1.807, 2.05) is 0 Å². The monoisotopic (exact) mass is 304 g/mol. The van der Waals surface area contributed by atoms with Crippen LogP contribution in [0.25, 0.3) is 0 Å². The van der Waals surface area contributed by atoms with Crippen LogP contribution in [0.4, 0.5) is 0 Å². The molecule has 2 aliphatic rings. The second kappa shape index (κ2) is 7.95. The van der Waals surface area contributed by atoms with Gasteiger partial charge >= 0.3 is 0 Å². The van der Waals surface area contributed by atoms with Crippen molar-refractivity contribution in [2.24, 2.45) is 0 Å². The van der Waals surface area contributed by atoms with E-state index in [9.17, 15) is 0 Å². The van der Waals surface area contributed by atoms with Crippen LogP contribution in [0, 0.1) is 0 Å². The highest BCUT2D eigenvalue weighted by atomic mass is 16.5. The molecule has 22 heavy (non-hydrogen) atoms. The molecule has 0 unspecified atom stereocenters. The van der Waals surface area contributed by atoms with E-state index in [0.29, 0.717) is 6.10 Å². The van der Waals surface area contributed by atoms with E-state index in [1.165, 1.54) is 31.2 Å². The first-order valence-electron chi connectivity index (χ1n) is 8.65. The highest BCUT2D eigenvalue weighted by molar-refractivity contribution is 5.33. The zero-order valence-corrected chi connectivity index (χ0v) is 13.4. The Bertz CT molecular complexity index is 452. The largest absolute Gasteiger partial charge is 0.490 e. The Morgan fingerprint density at radius 2 is 1.68 bits per heavy atom. The van der Waals surface area contributed by atoms with Gasteiger partial charge in [-0.2, -0.15) is 0 Å². The number of β-amino-alcohol motifs (C(OH)–C–C–N with tert-alkyl or cyclic N) is 1. The van der Waals surface area contributed by atoms with E-state index < -0.39 is 0 Å². The molecule has 1 heterocycles. The highest BCUT2D eigenvalue weighted by Crippen LogP contribution is 2.27. The lowest BCUT2D eigenvalue weighted by Crippen LogP contribution is -2.46. The first-order valence-corrected chi connectivity index (χ1v) is 8.65. The van der Waals surface area contributed by atoms with E-state index in [4.69, 9.17) is 9.84 Å². The summed E-state index contributed by atoms with van der Waals surface area (Å²) in [4.78, 5) is 4.82. The number of hydrogen-bond acceptors (Lipinski definition) is 4. The minimum Gasteiger partial charge on any atom is -0.490 e. The van der Waals surface area contributed by atoms with Gasteiger partial charge in [-0.1, -0.05) is 18.2 Å². The molecule has 1 aliphatic heterocycles. The molecule has 1 aromatic rings. The number of ether oxygens (including phenoxy) is 1. The number of para-hydroxylation sites is 1. The molecule has 4 nitrogen and oxygen atoms in total. The number of benzene rings is 1. The zero-order chi connectivity index (χ0) is 15.2. The van der Waals surface area contributed by atoms with Crippen LogP contribution in [0.2, 0.25) is 0 Å². The summed E-state index contributed by atoms with van der Waals surface area (Å²) < 4.78 is 6.24. The quantitative estimate of drug-likeness (QED) is 0.873. The predicted molar refractivity (Wildman–Crippen MR) is 88.1 cm³/mol. The normalized spacial score (nSPS) is 21.3. The van der Waals surface area contributed by atoms with Crippen molar-refractivity contribution >= 4 is 0 Å². The molecule has 1 N–H and O–H groups in total. The number of hydrogen-bond donors (Lipinski definition) is 1. The maximum atomic E-state index is 9.02. The third kappa shape index (κ3) is 4.22. The first-order chi connectivity index (χ1) is 10.8. The molecule has 0 radical (unpaired) electrons. The van der Waals surface area contributed by atoms with Crippen LogP contribution < -0.4 is 4.74 Å². The summed E-state index contributed by atoms with van der Waals surface area (Å²) >= 11 is 0. The summed E-state index contributed by atoms with van der Waals surface area (Å²) in [6.45, 7) is 6.26. The Balaban J connectivity index is 1.56. The van der Waals surface area contributed by atoms with Crippen molar-refractivity contribution in [2.75, 3.05) is 39.3 Å². The van der Waals surface area contributed by atoms with E-state index >= 15 is 0 Å². The van der Waals surface area contributed by atoms with Gasteiger partial charge in [-0.15, -0.1) is 0 Å². The number of rotatable bonds is 6. The van der Waals surface area contributed by atoms with Gasteiger partial charge in [-0.25, -0.2) is 0 Å². The fraction of sp³-hybridized carbons (Fsp3) is 0.667. The summed E-state index contributed by atoms with van der Waals surface area (Å²) in [5.41, 5.74) is 1.31. The van der Waals surface area contributed by atoms with Crippen molar-refractivity contribution < 1.29 is 9.84 Å². The molecule has 1 aromatic carbocycles. The SMILES string of the molecule is OCCN1CCN(Cc2ccccc2OC2CCCC2)CC1. The van der Waals surface area contributed by atoms with Crippen LogP contribution in [0.15, 0.2) is 24.3 Å². The molecule has 0 bridgehead atoms. The van der Waals surface area contributed by atoms with Gasteiger partial charge < -0.3 is 9.84 Å². The number of nitrogens with zero attached hydrogens (tertiary/aromatic N) is 2. The van der Waals surface area contributed by atoms with Gasteiger partial charge in [0.2, 0.25) is 0 Å². The van der Waals surface area contributed by atoms with Crippen LogP contribution >= 0.6 is 0 Å². The molecule has 1 aliphatic carbocycles. The van der Waals surface area contributed by atoms with Crippen LogP contribution in [-0.2, 0) is 6.54 Å². The van der Waals surface area contributed by atoms with Crippen LogP contribution in [-0.4, -0.2) is 60.3 Å². The highest BCUT2D eigenvalue weighted by Gasteiger charge is 2.20. The first kappa shape index (κ1) is 15.8. The maximum absolute atomic E-state index is 9.02. The molecule has 2 fully saturated rings. The van der Waals surface area contributed by atoms with Gasteiger partial charge in [0.25, 0.3) is 0 Å². The maximum Gasteiger partial charge on any atom is 0.124 e. The third-order valence-corrected chi connectivity index (χ3v) is 4.84. The molecular formula is C18H28N2O2. The summed E-state index contributed by atoms with van der Waals surface area (Å²) in [6, 6.07) is 8.51. The molecule has 1 saturated heterocycles. The second-order valence-electron chi connectivity index (χ2n) is 6.47. The van der Waals surface area contributed by atoms with E-state index in [1.54, 1.807) is 0 Å². The van der Waals surface area contributed by atoms with Gasteiger partial charge in [-0.3, -0.25) is 9.80 Å². The molecule has 1 saturated carbocycles. The summed E-state index contributed by atoms with van der Waals surface area (Å²) in [7, 11) is 0. The number of aliphatic hydroxyl groups is 1. The van der Waals surface area contributed by atoms with Crippen molar-refractivity contribution in [2.45, 2.75) is 38.3 Å². The number of aliphatic hydroxyl groups excluding tert-OH is 1. The van der Waals surface area contributed by atoms with Gasteiger partial charge in [0, 0.05) is 44.8 Å². The van der Waals surface area contributed by atoms with Gasteiger partial charge in [0.15, 0.2) is 0 Å². The zero-order valence-electron chi connectivity index (χ0n) is 13.4. The van der Waals surface area contributed by atoms with Gasteiger partial charge in [0.05, 0.1) is 12.7 Å². The summed E-state index contributed by atoms with van der Waals surface area (Å²) in [5.74, 6) is 1.08. The average molecular weight is 304 g/mol. The molecule has 3 rings (SSSR count). The third-order valence-electron chi connectivity index (χ3n) is 4.84. The predicted octanol–water partition coefficient (Wildman–Crippen LogP) is 2.12. The smallest absolute Gasteiger partial charge is 0.124 e. The minimum atomic E-state index is 0.262. The van der Waals surface area contributed by atoms with E-state index in [-0.39, 0.29) is 6.61 Å². The van der Waals surface area contributed by atoms with Crippen molar-refractivity contribution in [3.8, 4) is 5.75 Å². The number of piperazine rings is 1. The minimum absolute atomic E-state index is 0.262. The molecule has 0 aromatic heterocycles. The Morgan fingerprint density at radius 1 is 1.00 bits per heavy atom. The van der Waals surface area contributed by atoms with Crippen molar-refractivity contribution in [3.05, 3.63) is 29.8 Å². The van der Waals surface area contributed by atoms with Crippen LogP contribution in [0.1, 0.15) is 31.2 Å². The van der Waals surface area contributed by atoms with Crippen LogP contribution in [0.3, 0.4) is 0 Å². The summed E-state index contributed by atoms with van der Waals surface area (Å²) in [5, 5.41) is 9.02. The second-order valence-corrected chi connectivity index (χ2v) is 6.47. The topological polar surface area (TPSA) is 35.9 Å². The Hall–Kier alpha value is -1.10. The van der Waals surface area contributed by atoms with E-state index in [2.05, 4.69) is 34.1 Å². The Labute approximate surface area is 133 Å². The molecule has 4 heteroatoms. The van der Waals surface area contributed by atoms with Crippen molar-refractivity contribution in [3.63, 3.8) is 0 Å². The lowest BCUT2D eigenvalue weighted by molar-refractivity contribution is 0.107. The molecule has 0 amide bonds. The van der Waals surface area contributed by atoms with Gasteiger partial charge in [-0.05, 0) is 31.7 Å². The lowest BCUT2D eigenvalue weighted by atomic mass is 10.1. The van der Waals surface area contributed by atoms with Crippen molar-refractivity contribution in [1.29, 1.82) is 0 Å². The fourth-order valence-electron chi connectivity index (χ4n) is 3.49. The van der Waals surface area contributed by atoms with E-state index in [0.717, 1.165) is 45.0 Å². The van der Waals surface area contributed by atoms with Gasteiger partial charge in [0.1, 0.15) is 5.75 Å². The fourth-order valence-corrected chi connectivity index (χ4v) is 3.49. The average Bonchev–Trinajstić information content (AvgIpc) is 3.04. The molecular weight excluding hydrogens is 276 g/mol. The molecule has 122 valence electrons. The summed E-state index contributed by atoms with van der Waals surface area (Å²) in [6.07, 6.45) is 5.43. The Morgan fingerprint density at radius 3 is 2.41 bits per heavy atom. The molecule has 0 atom stereocenters. The lowest BCUT2D eigenvalue weighted by Gasteiger charge is -2.34. The van der Waals surface area contributed by atoms with Crippen molar-refractivity contribution in [1.82, 2.24) is 9.80 Å². The standard InChI is InChI=1S/C18H28N2O2/c21-14-13-19-9-11-20(12-10-19)15-16-5-1-4-8-18(16)22-17-6-2-3-7-17/h1,4-5,8,17,21H,2-3,6-7,9-15H2. The molecule has 0 spiro atoms.